The Morgan fingerprint density at radius 3 is 2.47 bits per heavy atom. The number of aromatic nitrogens is 4. The molecule has 0 bridgehead atoms. The number of fused-ring (bicyclic) bond motifs is 1. The van der Waals surface area contributed by atoms with Crippen molar-refractivity contribution in [2.45, 2.75) is 37.6 Å². The van der Waals surface area contributed by atoms with Gasteiger partial charge >= 0.3 is 6.36 Å². The van der Waals surface area contributed by atoms with Gasteiger partial charge < -0.3 is 14.2 Å². The van der Waals surface area contributed by atoms with Gasteiger partial charge in [-0.05, 0) is 43.2 Å². The Hall–Kier alpha value is -4.22. The number of amides is 1. The molecule has 8 nitrogen and oxygen atoms in total. The number of rotatable bonds is 6. The van der Waals surface area contributed by atoms with E-state index in [1.807, 2.05) is 18.2 Å². The van der Waals surface area contributed by atoms with E-state index in [2.05, 4.69) is 21.5 Å². The number of carbonyl (C=O) groups excluding carboxylic acids is 1. The number of likely N-dealkylation sites (tertiary alicyclic amines) is 1. The first-order valence-electron chi connectivity index (χ1n) is 12.0. The van der Waals surface area contributed by atoms with Gasteiger partial charge in [0.15, 0.2) is 11.7 Å². The van der Waals surface area contributed by atoms with Crippen molar-refractivity contribution in [1.29, 1.82) is 0 Å². The van der Waals surface area contributed by atoms with Crippen LogP contribution in [-0.2, 0) is 4.79 Å². The van der Waals surface area contributed by atoms with Crippen LogP contribution in [0.5, 0.6) is 5.75 Å². The molecule has 2 aromatic heterocycles. The van der Waals surface area contributed by atoms with Crippen LogP contribution in [-0.4, -0.2) is 50.2 Å². The molecule has 196 valence electrons. The number of nitrogens with zero attached hydrogens (tertiary/aromatic N) is 5. The molecule has 1 aliphatic heterocycles. The van der Waals surface area contributed by atoms with Crippen molar-refractivity contribution < 1.29 is 31.6 Å². The minimum Gasteiger partial charge on any atom is -0.406 e. The van der Waals surface area contributed by atoms with E-state index >= 15 is 0 Å². The fourth-order valence-corrected chi connectivity index (χ4v) is 4.78. The molecule has 12 heteroatoms. The molecule has 2 fully saturated rings. The van der Waals surface area contributed by atoms with E-state index in [-0.39, 0.29) is 30.8 Å². The van der Waals surface area contributed by atoms with Crippen molar-refractivity contribution in [2.75, 3.05) is 13.1 Å². The van der Waals surface area contributed by atoms with Crippen molar-refractivity contribution in [2.24, 2.45) is 0 Å². The van der Waals surface area contributed by atoms with E-state index in [4.69, 9.17) is 9.62 Å². The normalized spacial score (nSPS) is 16.4. The summed E-state index contributed by atoms with van der Waals surface area (Å²) in [7, 11) is 0. The number of para-hydroxylation sites is 1. The van der Waals surface area contributed by atoms with Crippen LogP contribution < -0.4 is 4.74 Å². The lowest BCUT2D eigenvalue weighted by Crippen LogP contribution is -2.51. The van der Waals surface area contributed by atoms with E-state index < -0.39 is 18.1 Å². The number of alkyl halides is 3. The highest BCUT2D eigenvalue weighted by Crippen LogP contribution is 2.40. The molecule has 0 radical (unpaired) electrons. The van der Waals surface area contributed by atoms with Gasteiger partial charge in [-0.1, -0.05) is 30.3 Å². The molecule has 0 spiro atoms. The molecule has 6 rings (SSSR count). The molecule has 0 unspecified atom stereocenters. The third-order valence-electron chi connectivity index (χ3n) is 6.96. The molecule has 38 heavy (non-hydrogen) atoms. The second-order valence-electron chi connectivity index (χ2n) is 9.42. The van der Waals surface area contributed by atoms with Gasteiger partial charge in [-0.3, -0.25) is 9.48 Å². The molecular weight excluding hydrogens is 506 g/mol. The van der Waals surface area contributed by atoms with Crippen LogP contribution in [0.3, 0.4) is 0 Å². The van der Waals surface area contributed by atoms with Crippen LogP contribution in [0.4, 0.5) is 17.6 Å². The van der Waals surface area contributed by atoms with E-state index in [0.717, 1.165) is 19.3 Å². The highest BCUT2D eigenvalue weighted by atomic mass is 19.4. The maximum absolute atomic E-state index is 13.4. The number of hydrogen-bond acceptors (Lipinski definition) is 6. The summed E-state index contributed by atoms with van der Waals surface area (Å²) >= 11 is 0. The average molecular weight is 527 g/mol. The topological polar surface area (TPSA) is 86.3 Å². The van der Waals surface area contributed by atoms with E-state index in [9.17, 15) is 22.4 Å². The molecule has 1 aliphatic carbocycles. The second-order valence-corrected chi connectivity index (χ2v) is 9.42. The SMILES string of the molecule is C=C(F)C(=O)N1CC(n2nc(-c3ccc(OC(F)(F)F)cc3)c3cccc(-c4nc(C5CCC5)no4)c32)C1. The van der Waals surface area contributed by atoms with Crippen LogP contribution >= 0.6 is 0 Å². The maximum Gasteiger partial charge on any atom is 0.573 e. The lowest BCUT2D eigenvalue weighted by Gasteiger charge is -2.39. The molecule has 1 amide bonds. The first-order chi connectivity index (χ1) is 18.2. The molecule has 1 saturated carbocycles. The van der Waals surface area contributed by atoms with Gasteiger partial charge in [0.1, 0.15) is 11.4 Å². The Morgan fingerprint density at radius 2 is 1.84 bits per heavy atom. The summed E-state index contributed by atoms with van der Waals surface area (Å²) in [5.41, 5.74) is 2.37. The van der Waals surface area contributed by atoms with Gasteiger partial charge in [-0.2, -0.15) is 10.1 Å². The predicted octanol–water partition coefficient (Wildman–Crippen LogP) is 5.79. The molecule has 2 aromatic carbocycles. The molecule has 1 saturated heterocycles. The summed E-state index contributed by atoms with van der Waals surface area (Å²) in [5.74, 6) is -0.921. The Balaban J connectivity index is 1.42. The summed E-state index contributed by atoms with van der Waals surface area (Å²) in [6.07, 6.45) is -1.67. The summed E-state index contributed by atoms with van der Waals surface area (Å²) < 4.78 is 62.6. The quantitative estimate of drug-likeness (QED) is 0.233. The van der Waals surface area contributed by atoms with Crippen LogP contribution in [0.25, 0.3) is 33.6 Å². The van der Waals surface area contributed by atoms with Crippen molar-refractivity contribution in [3.63, 3.8) is 0 Å². The van der Waals surface area contributed by atoms with Crippen LogP contribution in [0.1, 0.15) is 37.0 Å². The maximum atomic E-state index is 13.4. The van der Waals surface area contributed by atoms with E-state index in [0.29, 0.717) is 39.4 Å². The number of hydrogen-bond donors (Lipinski definition) is 0. The average Bonchev–Trinajstić information content (AvgIpc) is 3.42. The van der Waals surface area contributed by atoms with Crippen molar-refractivity contribution >= 4 is 16.8 Å². The Bertz CT molecular complexity index is 1530. The lowest BCUT2D eigenvalue weighted by atomic mass is 9.85. The number of halogens is 4. The number of benzene rings is 2. The monoisotopic (exact) mass is 527 g/mol. The highest BCUT2D eigenvalue weighted by Gasteiger charge is 2.36. The van der Waals surface area contributed by atoms with Gasteiger partial charge in [0.05, 0.1) is 17.1 Å². The lowest BCUT2D eigenvalue weighted by molar-refractivity contribution is -0.274. The van der Waals surface area contributed by atoms with Crippen LogP contribution in [0, 0.1) is 0 Å². The van der Waals surface area contributed by atoms with Gasteiger partial charge in [0.25, 0.3) is 11.8 Å². The Morgan fingerprint density at radius 1 is 1.11 bits per heavy atom. The first kappa shape index (κ1) is 24.1. The zero-order valence-electron chi connectivity index (χ0n) is 19.9. The zero-order valence-corrected chi connectivity index (χ0v) is 19.9. The molecule has 4 aromatic rings. The molecule has 0 atom stereocenters. The first-order valence-corrected chi connectivity index (χ1v) is 12.0. The van der Waals surface area contributed by atoms with Crippen molar-refractivity contribution in [1.82, 2.24) is 24.8 Å². The smallest absolute Gasteiger partial charge is 0.406 e. The number of ether oxygens (including phenoxy) is 1. The zero-order chi connectivity index (χ0) is 26.6. The number of carbonyl (C=O) groups is 1. The Labute approximate surface area is 213 Å². The van der Waals surface area contributed by atoms with E-state index in [1.54, 1.807) is 4.68 Å². The third kappa shape index (κ3) is 4.29. The van der Waals surface area contributed by atoms with E-state index in [1.165, 1.54) is 29.2 Å². The largest absolute Gasteiger partial charge is 0.573 e. The van der Waals surface area contributed by atoms with Crippen LogP contribution in [0.15, 0.2) is 59.4 Å². The van der Waals surface area contributed by atoms with Crippen LogP contribution in [0.2, 0.25) is 0 Å². The Kier molecular flexibility index (Phi) is 5.69. The summed E-state index contributed by atoms with van der Waals surface area (Å²) in [6.45, 7) is 3.49. The molecule has 2 aliphatic rings. The van der Waals surface area contributed by atoms with Gasteiger partial charge in [0.2, 0.25) is 0 Å². The standard InChI is InChI=1S/C26H21F4N5O3/c1-14(27)25(36)34-12-17(13-34)35-22-19(21(32-35)15-8-10-18(11-9-15)37-26(28,29)30)6-3-7-20(22)24-31-23(33-38-24)16-4-2-5-16/h3,6-11,16-17H,1-2,4-5,12-13H2. The van der Waals surface area contributed by atoms with Gasteiger partial charge in [-0.25, -0.2) is 4.39 Å². The fraction of sp³-hybridized carbons (Fsp3) is 0.308. The summed E-state index contributed by atoms with van der Waals surface area (Å²) in [6, 6.07) is 10.6. The summed E-state index contributed by atoms with van der Waals surface area (Å²) in [4.78, 5) is 18.0. The molecule has 3 heterocycles. The second kappa shape index (κ2) is 8.96. The summed E-state index contributed by atoms with van der Waals surface area (Å²) in [5, 5.41) is 9.66. The third-order valence-corrected chi connectivity index (χ3v) is 6.96. The van der Waals surface area contributed by atoms with Crippen molar-refractivity contribution in [3.05, 3.63) is 60.7 Å². The molecule has 0 N–H and O–H groups in total. The predicted molar refractivity (Wildman–Crippen MR) is 128 cm³/mol. The van der Waals surface area contributed by atoms with Crippen molar-refractivity contribution in [3.8, 4) is 28.5 Å². The molecular formula is C26H21F4N5O3. The highest BCUT2D eigenvalue weighted by molar-refractivity contribution is 6.00. The van der Waals surface area contributed by atoms with Gasteiger partial charge in [0, 0.05) is 30.0 Å². The van der Waals surface area contributed by atoms with Gasteiger partial charge in [-0.15, -0.1) is 13.2 Å². The fourth-order valence-electron chi connectivity index (χ4n) is 4.78. The minimum atomic E-state index is -4.80. The minimum absolute atomic E-state index is 0.210.